The Bertz CT molecular complexity index is 1430. The van der Waals surface area contributed by atoms with Crippen molar-refractivity contribution in [2.75, 3.05) is 26.4 Å². The van der Waals surface area contributed by atoms with Gasteiger partial charge < -0.3 is 24.2 Å². The van der Waals surface area contributed by atoms with Crippen molar-refractivity contribution < 1.29 is 52.2 Å². The molecule has 0 aliphatic heterocycles. The largest absolute Gasteiger partial charge is 0.472 e. The van der Waals surface area contributed by atoms with Crippen molar-refractivity contribution in [3.05, 3.63) is 48.6 Å². The van der Waals surface area contributed by atoms with Gasteiger partial charge in [-0.1, -0.05) is 275 Å². The van der Waals surface area contributed by atoms with Gasteiger partial charge in [0.05, 0.1) is 19.8 Å². The topological polar surface area (TPSA) is 155 Å². The minimum atomic E-state index is -4.76. The summed E-state index contributed by atoms with van der Waals surface area (Å²) in [7, 11) is -4.76. The van der Waals surface area contributed by atoms with E-state index < -0.39 is 57.8 Å². The van der Waals surface area contributed by atoms with Crippen LogP contribution in [0.4, 0.5) is 0 Å². The van der Waals surface area contributed by atoms with Crippen molar-refractivity contribution in [2.45, 2.75) is 303 Å². The van der Waals surface area contributed by atoms with Crippen LogP contribution in [0.3, 0.4) is 0 Å². The normalized spacial score (nSPS) is 13.6. The summed E-state index contributed by atoms with van der Waals surface area (Å²) in [5.41, 5.74) is 0. The molecule has 0 aromatic carbocycles. The molecule has 2 N–H and O–H groups in total. The van der Waals surface area contributed by atoms with Crippen LogP contribution >= 0.6 is 7.82 Å². The minimum Gasteiger partial charge on any atom is -0.462 e. The number of aliphatic hydroxyl groups is 1. The first-order chi connectivity index (χ1) is 36.2. The fourth-order valence-electron chi connectivity index (χ4n) is 8.67. The number of aliphatic hydroxyl groups excluding tert-OH is 1. The summed E-state index contributed by atoms with van der Waals surface area (Å²) in [6, 6.07) is 0. The monoisotopic (exact) mass is 1060 g/mol. The molecule has 11 nitrogen and oxygen atoms in total. The van der Waals surface area contributed by atoms with E-state index in [0.717, 1.165) is 64.2 Å². The van der Waals surface area contributed by atoms with Gasteiger partial charge in [-0.05, 0) is 44.9 Å². The quantitative estimate of drug-likeness (QED) is 0.0197. The molecule has 3 atom stereocenters. The second kappa shape index (κ2) is 56.6. The van der Waals surface area contributed by atoms with E-state index in [0.29, 0.717) is 19.3 Å². The molecule has 0 fully saturated rings. The van der Waals surface area contributed by atoms with Gasteiger partial charge in [0.25, 0.3) is 0 Å². The predicted molar refractivity (Wildman–Crippen MR) is 307 cm³/mol. The lowest BCUT2D eigenvalue weighted by Crippen LogP contribution is -2.30. The molecular formula is C62H113O11P. The van der Waals surface area contributed by atoms with E-state index in [4.69, 9.17) is 23.3 Å². The Morgan fingerprint density at radius 1 is 0.392 bits per heavy atom. The van der Waals surface area contributed by atoms with E-state index in [2.05, 4.69) is 57.2 Å². The Morgan fingerprint density at radius 2 is 0.703 bits per heavy atom. The summed E-state index contributed by atoms with van der Waals surface area (Å²) in [5.74, 6) is -1.53. The van der Waals surface area contributed by atoms with Gasteiger partial charge in [-0.2, -0.15) is 0 Å². The number of ether oxygens (including phenoxy) is 3. The maximum Gasteiger partial charge on any atom is 0.472 e. The molecule has 0 spiro atoms. The molecule has 0 heterocycles. The highest BCUT2D eigenvalue weighted by Crippen LogP contribution is 2.43. The molecule has 3 unspecified atom stereocenters. The number of hydrogen-bond donors (Lipinski definition) is 2. The molecular weight excluding hydrogens is 952 g/mol. The van der Waals surface area contributed by atoms with Crippen LogP contribution in [0.15, 0.2) is 48.6 Å². The number of phosphoric acid groups is 1. The first-order valence-electron chi connectivity index (χ1n) is 30.5. The average Bonchev–Trinajstić information content (AvgIpc) is 3.39. The third kappa shape index (κ3) is 54.2. The first kappa shape index (κ1) is 71.4. The molecule has 0 aromatic heterocycles. The Labute approximate surface area is 453 Å². The number of unbranched alkanes of at least 4 members (excludes halogenated alkanes) is 32. The molecule has 0 bridgehead atoms. The van der Waals surface area contributed by atoms with Gasteiger partial charge in [0.1, 0.15) is 12.7 Å². The summed E-state index contributed by atoms with van der Waals surface area (Å²) < 4.78 is 39.5. The molecule has 0 rings (SSSR count). The number of carbonyl (C=O) groups excluding carboxylic acids is 3. The van der Waals surface area contributed by atoms with Crippen LogP contribution in [0.2, 0.25) is 0 Å². The molecule has 12 heteroatoms. The Kier molecular flexibility index (Phi) is 54.7. The number of carbonyl (C=O) groups is 3. The van der Waals surface area contributed by atoms with Gasteiger partial charge in [0.15, 0.2) is 6.10 Å². The standard InChI is InChI=1S/C62H113O11P/c1-4-7-10-13-16-19-22-25-27-28-29-30-32-35-38-41-44-47-50-53-62(66)73-59(55-69-60(64)51-48-45-42-39-36-34-31-26-23-20-17-14-11-8-5-2)57-71-74(67,68)70-56-58(54-63)72-61(65)52-49-46-43-40-37-33-24-21-18-15-12-9-6-3/h9,12,18,21,33,37,43,46,58-59,63H,4-8,10-11,13-17,19-20,22-32,34-36,38-42,44-45,47-57H2,1-3H3,(H,67,68)/b12-9-,21-18-,37-33-,46-43-. The van der Waals surface area contributed by atoms with Crippen molar-refractivity contribution >= 4 is 25.7 Å². The van der Waals surface area contributed by atoms with Gasteiger partial charge >= 0.3 is 25.7 Å². The maximum atomic E-state index is 12.9. The van der Waals surface area contributed by atoms with Gasteiger partial charge in [0.2, 0.25) is 0 Å². The van der Waals surface area contributed by atoms with E-state index in [9.17, 15) is 28.9 Å². The lowest BCUT2D eigenvalue weighted by Gasteiger charge is -2.21. The highest BCUT2D eigenvalue weighted by molar-refractivity contribution is 7.47. The zero-order chi connectivity index (χ0) is 54.1. The molecule has 0 aromatic rings. The van der Waals surface area contributed by atoms with Crippen molar-refractivity contribution in [1.82, 2.24) is 0 Å². The van der Waals surface area contributed by atoms with E-state index >= 15 is 0 Å². The summed E-state index contributed by atoms with van der Waals surface area (Å²) in [6.45, 7) is 4.50. The number of rotatable bonds is 57. The number of esters is 3. The smallest absolute Gasteiger partial charge is 0.462 e. The van der Waals surface area contributed by atoms with Crippen molar-refractivity contribution in [3.8, 4) is 0 Å². The van der Waals surface area contributed by atoms with Crippen LogP contribution in [0.5, 0.6) is 0 Å². The molecule has 432 valence electrons. The van der Waals surface area contributed by atoms with Crippen LogP contribution in [0.25, 0.3) is 0 Å². The second-order valence-corrected chi connectivity index (χ2v) is 22.0. The molecule has 0 amide bonds. The van der Waals surface area contributed by atoms with Crippen molar-refractivity contribution in [1.29, 1.82) is 0 Å². The summed E-state index contributed by atoms with van der Waals surface area (Å²) in [4.78, 5) is 48.6. The maximum absolute atomic E-state index is 12.9. The summed E-state index contributed by atoms with van der Waals surface area (Å²) in [6.07, 6.45) is 60.9. The highest BCUT2D eigenvalue weighted by atomic mass is 31.2. The van der Waals surface area contributed by atoms with Crippen molar-refractivity contribution in [2.24, 2.45) is 0 Å². The Morgan fingerprint density at radius 3 is 1.08 bits per heavy atom. The zero-order valence-corrected chi connectivity index (χ0v) is 48.7. The van der Waals surface area contributed by atoms with E-state index in [1.807, 2.05) is 12.2 Å². The number of allylic oxidation sites excluding steroid dienone is 8. The van der Waals surface area contributed by atoms with Crippen LogP contribution in [0, 0.1) is 0 Å². The third-order valence-electron chi connectivity index (χ3n) is 13.3. The first-order valence-corrected chi connectivity index (χ1v) is 32.0. The van der Waals surface area contributed by atoms with E-state index in [-0.39, 0.29) is 25.9 Å². The molecule has 0 radical (unpaired) electrons. The number of hydrogen-bond acceptors (Lipinski definition) is 10. The van der Waals surface area contributed by atoms with Crippen molar-refractivity contribution in [3.63, 3.8) is 0 Å². The second-order valence-electron chi connectivity index (χ2n) is 20.5. The predicted octanol–water partition coefficient (Wildman–Crippen LogP) is 18.1. The average molecular weight is 1070 g/mol. The lowest BCUT2D eigenvalue weighted by atomic mass is 10.0. The third-order valence-corrected chi connectivity index (χ3v) is 14.2. The van der Waals surface area contributed by atoms with Gasteiger partial charge in [-0.3, -0.25) is 23.4 Å². The molecule has 0 aliphatic rings. The van der Waals surface area contributed by atoms with Gasteiger partial charge in [-0.25, -0.2) is 4.57 Å². The zero-order valence-electron chi connectivity index (χ0n) is 47.8. The van der Waals surface area contributed by atoms with Crippen LogP contribution in [-0.2, 0) is 42.2 Å². The van der Waals surface area contributed by atoms with Crippen LogP contribution in [0.1, 0.15) is 290 Å². The SMILES string of the molecule is CC/C=C\C/C=C\C/C=C\C/C=C\CCC(=O)OC(CO)COP(=O)(O)OCC(COC(=O)CCCCCCCCCCCCCCCCC)OC(=O)CCCCCCCCCCCCCCCCCCCCC. The van der Waals surface area contributed by atoms with Gasteiger partial charge in [-0.15, -0.1) is 0 Å². The molecule has 74 heavy (non-hydrogen) atoms. The van der Waals surface area contributed by atoms with E-state index in [1.165, 1.54) is 167 Å². The fraction of sp³-hybridized carbons (Fsp3) is 0.823. The Hall–Kier alpha value is -2.56. The molecule has 0 saturated heterocycles. The molecule has 0 aliphatic carbocycles. The van der Waals surface area contributed by atoms with E-state index in [1.54, 1.807) is 0 Å². The lowest BCUT2D eigenvalue weighted by molar-refractivity contribution is -0.161. The number of phosphoric ester groups is 1. The highest BCUT2D eigenvalue weighted by Gasteiger charge is 2.28. The summed E-state index contributed by atoms with van der Waals surface area (Å²) in [5, 5.41) is 9.80. The minimum absolute atomic E-state index is 0.0583. The molecule has 0 saturated carbocycles. The Balaban J connectivity index is 4.72. The van der Waals surface area contributed by atoms with Crippen LogP contribution in [-0.4, -0.2) is 66.5 Å². The summed E-state index contributed by atoms with van der Waals surface area (Å²) >= 11 is 0. The van der Waals surface area contributed by atoms with Crippen LogP contribution < -0.4 is 0 Å². The van der Waals surface area contributed by atoms with Gasteiger partial charge in [0, 0.05) is 19.3 Å². The fourth-order valence-corrected chi connectivity index (χ4v) is 9.45.